The van der Waals surface area contributed by atoms with Crippen LogP contribution in [0.3, 0.4) is 0 Å². The Morgan fingerprint density at radius 3 is 1.85 bits per heavy atom. The molecule has 0 saturated heterocycles. The summed E-state index contributed by atoms with van der Waals surface area (Å²) in [6, 6.07) is 10.5. The van der Waals surface area contributed by atoms with Crippen LogP contribution in [0.2, 0.25) is 0 Å². The number of aryl methyl sites for hydroxylation is 2. The summed E-state index contributed by atoms with van der Waals surface area (Å²) in [7, 11) is -3.54. The second-order valence-corrected chi connectivity index (χ2v) is 6.74. The van der Waals surface area contributed by atoms with Gasteiger partial charge in [-0.05, 0) is 62.1 Å². The highest BCUT2D eigenvalue weighted by Gasteiger charge is 2.17. The quantitative estimate of drug-likeness (QED) is 0.936. The van der Waals surface area contributed by atoms with E-state index in [-0.39, 0.29) is 4.90 Å². The smallest absolute Gasteiger partial charge is 0.261 e. The highest BCUT2D eigenvalue weighted by atomic mass is 32.2. The van der Waals surface area contributed by atoms with Crippen LogP contribution in [0.4, 0.5) is 5.69 Å². The number of hydrogen-bond acceptors (Lipinski definition) is 2. The molecule has 2 aromatic carbocycles. The first kappa shape index (κ1) is 14.6. The Morgan fingerprint density at radius 2 is 1.35 bits per heavy atom. The van der Waals surface area contributed by atoms with Gasteiger partial charge in [-0.1, -0.05) is 24.3 Å². The summed E-state index contributed by atoms with van der Waals surface area (Å²) in [5, 5.41) is 0. The third-order valence-electron chi connectivity index (χ3n) is 3.66. The van der Waals surface area contributed by atoms with E-state index in [0.29, 0.717) is 5.69 Å². The molecule has 0 aliphatic heterocycles. The van der Waals surface area contributed by atoms with Gasteiger partial charge < -0.3 is 0 Å². The molecule has 0 atom stereocenters. The molecule has 1 N–H and O–H groups in total. The summed E-state index contributed by atoms with van der Waals surface area (Å²) >= 11 is 0. The zero-order valence-corrected chi connectivity index (χ0v) is 13.0. The molecule has 0 spiro atoms. The lowest BCUT2D eigenvalue weighted by Gasteiger charge is -2.17. The molecule has 20 heavy (non-hydrogen) atoms. The fourth-order valence-corrected chi connectivity index (χ4v) is 3.37. The molecule has 0 saturated carbocycles. The average molecular weight is 289 g/mol. The van der Waals surface area contributed by atoms with Crippen molar-refractivity contribution in [1.82, 2.24) is 0 Å². The van der Waals surface area contributed by atoms with Crippen molar-refractivity contribution in [3.05, 3.63) is 58.7 Å². The number of anilines is 1. The summed E-state index contributed by atoms with van der Waals surface area (Å²) in [4.78, 5) is 0.276. The first-order valence-corrected chi connectivity index (χ1v) is 7.96. The Kier molecular flexibility index (Phi) is 3.86. The molecule has 0 aliphatic rings. The average Bonchev–Trinajstić information content (AvgIpc) is 2.42. The van der Waals surface area contributed by atoms with Gasteiger partial charge in [0.25, 0.3) is 10.0 Å². The van der Waals surface area contributed by atoms with Gasteiger partial charge in [0.1, 0.15) is 0 Å². The molecule has 0 radical (unpaired) electrons. The highest BCUT2D eigenvalue weighted by Crippen LogP contribution is 2.28. The van der Waals surface area contributed by atoms with Crippen LogP contribution < -0.4 is 4.72 Å². The van der Waals surface area contributed by atoms with E-state index in [2.05, 4.69) is 10.8 Å². The van der Waals surface area contributed by atoms with E-state index in [1.165, 1.54) is 0 Å². The molecule has 0 unspecified atom stereocenters. The Balaban J connectivity index is 2.51. The monoisotopic (exact) mass is 289 g/mol. The van der Waals surface area contributed by atoms with Gasteiger partial charge in [-0.3, -0.25) is 4.72 Å². The lowest BCUT2D eigenvalue weighted by molar-refractivity contribution is 0.601. The fraction of sp³-hybridized carbons (Fsp3) is 0.250. The van der Waals surface area contributed by atoms with Crippen molar-refractivity contribution in [3.63, 3.8) is 0 Å². The molecular formula is C16H19NO2S. The molecule has 4 heteroatoms. The molecule has 2 rings (SSSR count). The second-order valence-electron chi connectivity index (χ2n) is 5.05. The maximum atomic E-state index is 12.4. The van der Waals surface area contributed by atoms with Crippen molar-refractivity contribution in [3.8, 4) is 0 Å². The van der Waals surface area contributed by atoms with Gasteiger partial charge in [-0.15, -0.1) is 0 Å². The van der Waals surface area contributed by atoms with Crippen molar-refractivity contribution in [2.24, 2.45) is 0 Å². The first-order valence-electron chi connectivity index (χ1n) is 6.48. The summed E-state index contributed by atoms with van der Waals surface area (Å²) in [5.74, 6) is 0. The van der Waals surface area contributed by atoms with Crippen LogP contribution in [0.5, 0.6) is 0 Å². The molecule has 0 bridgehead atoms. The van der Waals surface area contributed by atoms with Crippen LogP contribution in [-0.4, -0.2) is 8.42 Å². The summed E-state index contributed by atoms with van der Waals surface area (Å²) in [6.07, 6.45) is 0. The van der Waals surface area contributed by atoms with Crippen molar-refractivity contribution in [2.75, 3.05) is 4.72 Å². The topological polar surface area (TPSA) is 46.2 Å². The molecule has 3 nitrogen and oxygen atoms in total. The second kappa shape index (κ2) is 5.29. The Labute approximate surface area is 120 Å². The largest absolute Gasteiger partial charge is 0.279 e. The molecule has 0 fully saturated rings. The summed E-state index contributed by atoms with van der Waals surface area (Å²) < 4.78 is 27.6. The Hall–Kier alpha value is -1.81. The number of nitrogens with one attached hydrogen (secondary N) is 1. The van der Waals surface area contributed by atoms with E-state index >= 15 is 0 Å². The van der Waals surface area contributed by atoms with E-state index in [1.807, 2.05) is 27.7 Å². The third kappa shape index (κ3) is 2.70. The maximum absolute atomic E-state index is 12.4. The number of sulfonamides is 1. The van der Waals surface area contributed by atoms with Gasteiger partial charge in [0.2, 0.25) is 0 Å². The minimum absolute atomic E-state index is 0.276. The van der Waals surface area contributed by atoms with E-state index in [1.54, 1.807) is 30.3 Å². The van der Waals surface area contributed by atoms with Crippen LogP contribution in [0.1, 0.15) is 22.3 Å². The minimum atomic E-state index is -3.54. The molecule has 0 heterocycles. The van der Waals surface area contributed by atoms with Crippen LogP contribution in [0, 0.1) is 27.7 Å². The van der Waals surface area contributed by atoms with Crippen molar-refractivity contribution < 1.29 is 8.42 Å². The third-order valence-corrected chi connectivity index (χ3v) is 5.02. The van der Waals surface area contributed by atoms with E-state index < -0.39 is 10.0 Å². The van der Waals surface area contributed by atoms with Crippen LogP contribution in [0.15, 0.2) is 41.3 Å². The van der Waals surface area contributed by atoms with E-state index in [4.69, 9.17) is 0 Å². The van der Waals surface area contributed by atoms with Gasteiger partial charge in [0, 0.05) is 0 Å². The van der Waals surface area contributed by atoms with Crippen molar-refractivity contribution >= 4 is 15.7 Å². The van der Waals surface area contributed by atoms with Gasteiger partial charge in [0.05, 0.1) is 10.6 Å². The van der Waals surface area contributed by atoms with Crippen molar-refractivity contribution in [1.29, 1.82) is 0 Å². The van der Waals surface area contributed by atoms with Crippen LogP contribution in [-0.2, 0) is 10.0 Å². The molecular weight excluding hydrogens is 270 g/mol. The minimum Gasteiger partial charge on any atom is -0.279 e. The standard InChI is InChI=1S/C16H19NO2S/c1-11-10-12(2)14(4)16(13(11)3)17-20(18,19)15-8-6-5-7-9-15/h5-10,17H,1-4H3. The lowest BCUT2D eigenvalue weighted by atomic mass is 9.99. The van der Waals surface area contributed by atoms with E-state index in [0.717, 1.165) is 22.3 Å². The van der Waals surface area contributed by atoms with Gasteiger partial charge in [0.15, 0.2) is 0 Å². The Morgan fingerprint density at radius 1 is 0.850 bits per heavy atom. The summed E-state index contributed by atoms with van der Waals surface area (Å²) in [5.41, 5.74) is 4.78. The number of hydrogen-bond donors (Lipinski definition) is 1. The predicted molar refractivity (Wildman–Crippen MR) is 82.6 cm³/mol. The number of rotatable bonds is 3. The zero-order chi connectivity index (χ0) is 14.9. The van der Waals surface area contributed by atoms with Crippen LogP contribution >= 0.6 is 0 Å². The van der Waals surface area contributed by atoms with Gasteiger partial charge in [-0.25, -0.2) is 8.42 Å². The number of benzene rings is 2. The van der Waals surface area contributed by atoms with Gasteiger partial charge in [-0.2, -0.15) is 0 Å². The molecule has 0 aliphatic carbocycles. The van der Waals surface area contributed by atoms with Crippen molar-refractivity contribution in [2.45, 2.75) is 32.6 Å². The van der Waals surface area contributed by atoms with Gasteiger partial charge >= 0.3 is 0 Å². The van der Waals surface area contributed by atoms with Crippen LogP contribution in [0.25, 0.3) is 0 Å². The molecule has 0 aromatic heterocycles. The fourth-order valence-electron chi connectivity index (χ4n) is 2.16. The van der Waals surface area contributed by atoms with E-state index in [9.17, 15) is 8.42 Å². The lowest BCUT2D eigenvalue weighted by Crippen LogP contribution is -2.15. The summed E-state index contributed by atoms with van der Waals surface area (Å²) in [6.45, 7) is 7.85. The molecule has 2 aromatic rings. The normalized spacial score (nSPS) is 11.4. The SMILES string of the molecule is Cc1cc(C)c(C)c(NS(=O)(=O)c2ccccc2)c1C. The first-order chi connectivity index (χ1) is 9.33. The highest BCUT2D eigenvalue weighted by molar-refractivity contribution is 7.92. The zero-order valence-electron chi connectivity index (χ0n) is 12.2. The molecule has 106 valence electrons. The maximum Gasteiger partial charge on any atom is 0.261 e. The Bertz CT molecular complexity index is 709. The predicted octanol–water partition coefficient (Wildman–Crippen LogP) is 3.72. The molecule has 0 amide bonds.